The summed E-state index contributed by atoms with van der Waals surface area (Å²) in [5.74, 6) is 0.230. The van der Waals surface area contributed by atoms with Gasteiger partial charge < -0.3 is 10.1 Å². The predicted molar refractivity (Wildman–Crippen MR) is 128 cm³/mol. The Bertz CT molecular complexity index is 1330. The normalized spacial score (nSPS) is 25.5. The molecule has 0 amide bonds. The summed E-state index contributed by atoms with van der Waals surface area (Å²) >= 11 is 9.51. The molecule has 6 nitrogen and oxygen atoms in total. The van der Waals surface area contributed by atoms with Crippen LogP contribution in [0.15, 0.2) is 52.0 Å². The van der Waals surface area contributed by atoms with Gasteiger partial charge in [-0.2, -0.15) is 4.31 Å². The predicted octanol–water partition coefficient (Wildman–Crippen LogP) is 5.22. The molecular weight excluding hydrogens is 533 g/mol. The van der Waals surface area contributed by atoms with Gasteiger partial charge >= 0.3 is 0 Å². The highest BCUT2D eigenvalue weighted by Crippen LogP contribution is 2.44. The number of nitrogens with zero attached hydrogens (tertiary/aromatic N) is 2. The first-order chi connectivity index (χ1) is 15.6. The standard InChI is InChI=1S/C23H22BrClFN3O3S/c1-12-6-15-9-16(30)10-21(12)29(15)33(31,32)22-8-14(3-5-18(22)25)23-27-11-20(28-23)13-2-4-17(24)19(26)7-13/h2-5,7-8,11-12,15-16,21,30H,6,9-10H2,1H3,(H,27,28)/t12-,15?,16+,21?/m1/s1. The van der Waals surface area contributed by atoms with Crippen LogP contribution in [0.5, 0.6) is 0 Å². The summed E-state index contributed by atoms with van der Waals surface area (Å²) in [7, 11) is -3.88. The molecule has 2 saturated heterocycles. The molecule has 0 aliphatic carbocycles. The van der Waals surface area contributed by atoms with Gasteiger partial charge in [-0.1, -0.05) is 24.6 Å². The van der Waals surface area contributed by atoms with Crippen molar-refractivity contribution >= 4 is 37.6 Å². The van der Waals surface area contributed by atoms with Gasteiger partial charge in [-0.25, -0.2) is 17.8 Å². The van der Waals surface area contributed by atoms with E-state index in [-0.39, 0.29) is 33.7 Å². The van der Waals surface area contributed by atoms with Crippen LogP contribution < -0.4 is 0 Å². The van der Waals surface area contributed by atoms with Crippen molar-refractivity contribution in [2.75, 3.05) is 0 Å². The fourth-order valence-electron chi connectivity index (χ4n) is 5.05. The number of aliphatic hydroxyl groups is 1. The molecule has 2 fully saturated rings. The average Bonchev–Trinajstić information content (AvgIpc) is 3.33. The lowest BCUT2D eigenvalue weighted by atomic mass is 9.99. The number of aromatic amines is 1. The third kappa shape index (κ3) is 4.04. The van der Waals surface area contributed by atoms with Crippen molar-refractivity contribution in [2.45, 2.75) is 49.3 Å². The van der Waals surface area contributed by atoms with Gasteiger partial charge in [0.2, 0.25) is 10.0 Å². The molecule has 3 heterocycles. The molecule has 33 heavy (non-hydrogen) atoms. The lowest BCUT2D eigenvalue weighted by Crippen LogP contribution is -2.48. The van der Waals surface area contributed by atoms with Crippen LogP contribution in [0.4, 0.5) is 4.39 Å². The number of fused-ring (bicyclic) bond motifs is 2. The zero-order valence-electron chi connectivity index (χ0n) is 17.7. The lowest BCUT2D eigenvalue weighted by molar-refractivity contribution is 0.0725. The number of aromatic nitrogens is 2. The fraction of sp³-hybridized carbons (Fsp3) is 0.348. The van der Waals surface area contributed by atoms with Crippen LogP contribution in [0, 0.1) is 11.7 Å². The minimum atomic E-state index is -3.88. The summed E-state index contributed by atoms with van der Waals surface area (Å²) < 4.78 is 43.2. The highest BCUT2D eigenvalue weighted by Gasteiger charge is 2.50. The van der Waals surface area contributed by atoms with Crippen LogP contribution in [0.1, 0.15) is 26.2 Å². The van der Waals surface area contributed by atoms with Crippen molar-refractivity contribution in [3.63, 3.8) is 0 Å². The Hall–Kier alpha value is -1.78. The maximum Gasteiger partial charge on any atom is 0.245 e. The van der Waals surface area contributed by atoms with Gasteiger partial charge in [0.05, 0.1) is 27.5 Å². The van der Waals surface area contributed by atoms with Gasteiger partial charge in [0.15, 0.2) is 0 Å². The highest BCUT2D eigenvalue weighted by atomic mass is 79.9. The smallest absolute Gasteiger partial charge is 0.245 e. The Morgan fingerprint density at radius 1 is 1.18 bits per heavy atom. The molecule has 0 spiro atoms. The fourth-order valence-corrected chi connectivity index (χ4v) is 7.74. The molecule has 1 aromatic heterocycles. The average molecular weight is 555 g/mol. The quantitative estimate of drug-likeness (QED) is 0.463. The largest absolute Gasteiger partial charge is 0.393 e. The number of hydrogen-bond donors (Lipinski definition) is 2. The molecule has 5 rings (SSSR count). The van der Waals surface area contributed by atoms with Gasteiger partial charge in [-0.05, 0) is 71.4 Å². The Kier molecular flexibility index (Phi) is 5.89. The van der Waals surface area contributed by atoms with Crippen LogP contribution in [-0.4, -0.2) is 46.0 Å². The molecule has 174 valence electrons. The van der Waals surface area contributed by atoms with Crippen molar-refractivity contribution in [1.82, 2.24) is 14.3 Å². The molecule has 2 bridgehead atoms. The summed E-state index contributed by atoms with van der Waals surface area (Å²) in [6.45, 7) is 2.03. The van der Waals surface area contributed by atoms with E-state index in [0.29, 0.717) is 40.0 Å². The van der Waals surface area contributed by atoms with E-state index in [2.05, 4.69) is 25.9 Å². The first kappa shape index (κ1) is 23.0. The van der Waals surface area contributed by atoms with Crippen molar-refractivity contribution in [2.24, 2.45) is 5.92 Å². The van der Waals surface area contributed by atoms with Crippen LogP contribution in [0.3, 0.4) is 0 Å². The maximum absolute atomic E-state index is 13.9. The van der Waals surface area contributed by atoms with Gasteiger partial charge in [0, 0.05) is 23.2 Å². The molecule has 2 aliphatic rings. The van der Waals surface area contributed by atoms with Crippen molar-refractivity contribution < 1.29 is 17.9 Å². The van der Waals surface area contributed by atoms with Gasteiger partial charge in [-0.15, -0.1) is 0 Å². The van der Waals surface area contributed by atoms with Crippen molar-refractivity contribution in [3.05, 3.63) is 57.9 Å². The van der Waals surface area contributed by atoms with E-state index in [9.17, 15) is 17.9 Å². The molecule has 0 radical (unpaired) electrons. The summed E-state index contributed by atoms with van der Waals surface area (Å²) in [6.07, 6.45) is 2.68. The van der Waals surface area contributed by atoms with E-state index in [1.807, 2.05) is 6.92 Å². The zero-order chi connectivity index (χ0) is 23.5. The van der Waals surface area contributed by atoms with Crippen molar-refractivity contribution in [3.8, 4) is 22.6 Å². The monoisotopic (exact) mass is 553 g/mol. The molecule has 2 aliphatic heterocycles. The number of piperidine rings is 1. The van der Waals surface area contributed by atoms with E-state index in [0.717, 1.165) is 6.42 Å². The van der Waals surface area contributed by atoms with Gasteiger partial charge in [0.1, 0.15) is 16.5 Å². The van der Waals surface area contributed by atoms with E-state index < -0.39 is 16.1 Å². The minimum absolute atomic E-state index is 0.0230. The second-order valence-electron chi connectivity index (χ2n) is 8.81. The molecule has 2 N–H and O–H groups in total. The second kappa shape index (κ2) is 8.46. The van der Waals surface area contributed by atoms with Crippen LogP contribution in [0.25, 0.3) is 22.6 Å². The first-order valence-corrected chi connectivity index (χ1v) is 13.3. The Labute approximate surface area is 205 Å². The second-order valence-corrected chi connectivity index (χ2v) is 11.9. The number of aliphatic hydroxyl groups excluding tert-OH is 1. The first-order valence-electron chi connectivity index (χ1n) is 10.7. The third-order valence-corrected chi connectivity index (χ3v) is 9.71. The number of rotatable bonds is 4. The van der Waals surface area contributed by atoms with E-state index in [1.54, 1.807) is 34.8 Å². The summed E-state index contributed by atoms with van der Waals surface area (Å²) in [6, 6.07) is 9.05. The minimum Gasteiger partial charge on any atom is -0.393 e. The number of benzene rings is 2. The highest BCUT2D eigenvalue weighted by molar-refractivity contribution is 9.10. The van der Waals surface area contributed by atoms with Crippen LogP contribution in [0.2, 0.25) is 5.02 Å². The van der Waals surface area contributed by atoms with E-state index in [1.165, 1.54) is 12.1 Å². The number of hydrogen-bond acceptors (Lipinski definition) is 4. The molecular formula is C23H22BrClFN3O3S. The SMILES string of the molecule is C[C@@H]1CC2C[C@H](O)CC1N2S(=O)(=O)c1cc(-c2ncc(-c3ccc(Br)c(F)c3)[nH]2)ccc1Cl. The Balaban J connectivity index is 1.50. The number of H-pyrrole nitrogens is 1. The van der Waals surface area contributed by atoms with Crippen LogP contribution >= 0.6 is 27.5 Å². The Morgan fingerprint density at radius 2 is 1.94 bits per heavy atom. The number of halogens is 3. The summed E-state index contributed by atoms with van der Waals surface area (Å²) in [5, 5.41) is 10.3. The van der Waals surface area contributed by atoms with Crippen LogP contribution in [-0.2, 0) is 10.0 Å². The molecule has 2 unspecified atom stereocenters. The maximum atomic E-state index is 13.9. The summed E-state index contributed by atoms with van der Waals surface area (Å²) in [4.78, 5) is 7.53. The Morgan fingerprint density at radius 3 is 2.67 bits per heavy atom. The van der Waals surface area contributed by atoms with E-state index in [4.69, 9.17) is 11.6 Å². The van der Waals surface area contributed by atoms with Gasteiger partial charge in [0.25, 0.3) is 0 Å². The zero-order valence-corrected chi connectivity index (χ0v) is 20.8. The van der Waals surface area contributed by atoms with E-state index >= 15 is 0 Å². The van der Waals surface area contributed by atoms with Gasteiger partial charge in [-0.3, -0.25) is 0 Å². The molecule has 2 aromatic carbocycles. The number of sulfonamides is 1. The lowest BCUT2D eigenvalue weighted by Gasteiger charge is -2.36. The van der Waals surface area contributed by atoms with Crippen molar-refractivity contribution in [1.29, 1.82) is 0 Å². The summed E-state index contributed by atoms with van der Waals surface area (Å²) in [5.41, 5.74) is 1.78. The molecule has 10 heteroatoms. The molecule has 4 atom stereocenters. The number of nitrogens with one attached hydrogen (secondary N) is 1. The number of imidazole rings is 1. The third-order valence-electron chi connectivity index (χ3n) is 6.61. The molecule has 0 saturated carbocycles. The topological polar surface area (TPSA) is 86.3 Å². The molecule has 3 aromatic rings.